The highest BCUT2D eigenvalue weighted by Crippen LogP contribution is 2.61. The summed E-state index contributed by atoms with van der Waals surface area (Å²) in [4.78, 5) is 23.2. The van der Waals surface area contributed by atoms with Gasteiger partial charge in [-0.05, 0) is 31.2 Å². The molecule has 92 valence electrons. The average molecular weight is 264 g/mol. The van der Waals surface area contributed by atoms with Crippen molar-refractivity contribution in [2.45, 2.75) is 13.0 Å². The van der Waals surface area contributed by atoms with E-state index < -0.39 is 17.4 Å². The van der Waals surface area contributed by atoms with Gasteiger partial charge in [0.1, 0.15) is 6.04 Å². The fourth-order valence-electron chi connectivity index (χ4n) is 2.55. The second-order valence-corrected chi connectivity index (χ2v) is 5.14. The van der Waals surface area contributed by atoms with Crippen molar-refractivity contribution < 1.29 is 14.7 Å². The van der Waals surface area contributed by atoms with Crippen LogP contribution in [0.1, 0.15) is 17.3 Å². The van der Waals surface area contributed by atoms with Gasteiger partial charge >= 0.3 is 5.97 Å². The van der Waals surface area contributed by atoms with Crippen molar-refractivity contribution in [1.82, 2.24) is 5.32 Å². The molecule has 1 aromatic carbocycles. The number of carbonyl (C=O) groups excluding carboxylic acids is 1. The zero-order chi connectivity index (χ0) is 13.1. The van der Waals surface area contributed by atoms with Crippen LogP contribution in [-0.4, -0.2) is 22.9 Å². The van der Waals surface area contributed by atoms with Crippen LogP contribution in [0.25, 0.3) is 0 Å². The van der Waals surface area contributed by atoms with Gasteiger partial charge in [-0.2, -0.15) is 0 Å². The summed E-state index contributed by atoms with van der Waals surface area (Å²) in [6.07, 6.45) is 0. The van der Waals surface area contributed by atoms with E-state index in [2.05, 4.69) is 5.32 Å². The summed E-state index contributed by atoms with van der Waals surface area (Å²) in [7, 11) is 0. The number of hydrogen-bond acceptors (Lipinski definition) is 3. The van der Waals surface area contributed by atoms with Crippen LogP contribution >= 0.6 is 11.6 Å². The number of hydrogen-bond donors (Lipinski definition) is 2. The molecule has 5 heteroatoms. The van der Waals surface area contributed by atoms with Crippen LogP contribution in [0.3, 0.4) is 0 Å². The summed E-state index contributed by atoms with van der Waals surface area (Å²) in [6.45, 7) is 1.78. The molecule has 2 unspecified atom stereocenters. The number of Topliss-reactive ketones (excluding diaryl/α,β-unsaturated/α-hetero) is 1. The number of nitrogens with one attached hydrogen (secondary N) is 1. The van der Waals surface area contributed by atoms with E-state index in [1.165, 1.54) is 0 Å². The van der Waals surface area contributed by atoms with Gasteiger partial charge < -0.3 is 10.4 Å². The first-order chi connectivity index (χ1) is 8.46. The van der Waals surface area contributed by atoms with Crippen LogP contribution < -0.4 is 5.32 Å². The van der Waals surface area contributed by atoms with E-state index >= 15 is 0 Å². The van der Waals surface area contributed by atoms with Crippen LogP contribution in [0.4, 0.5) is 0 Å². The summed E-state index contributed by atoms with van der Waals surface area (Å²) in [6, 6.07) is 6.12. The van der Waals surface area contributed by atoms with Crippen LogP contribution in [-0.2, 0) is 4.79 Å². The van der Waals surface area contributed by atoms with Crippen LogP contribution in [0.5, 0.6) is 0 Å². The van der Waals surface area contributed by atoms with Crippen molar-refractivity contribution >= 4 is 23.4 Å². The molecule has 1 aliphatic carbocycles. The number of benzene rings is 1. The van der Waals surface area contributed by atoms with Crippen LogP contribution in [0.2, 0.25) is 5.02 Å². The second kappa shape index (κ2) is 3.36. The van der Waals surface area contributed by atoms with Gasteiger partial charge in [0.25, 0.3) is 0 Å². The lowest BCUT2D eigenvalue weighted by Gasteiger charge is -2.34. The predicted octanol–water partition coefficient (Wildman–Crippen LogP) is 1.85. The Morgan fingerprint density at radius 1 is 1.33 bits per heavy atom. The number of carboxylic acid groups (broad SMARTS) is 1. The third kappa shape index (κ3) is 1.26. The molecule has 0 spiro atoms. The number of fused-ring (bicyclic) bond motifs is 1. The maximum Gasteiger partial charge on any atom is 0.334 e. The Morgan fingerprint density at radius 2 is 1.94 bits per heavy atom. The molecule has 0 aromatic heterocycles. The summed E-state index contributed by atoms with van der Waals surface area (Å²) in [5, 5.41) is 12.5. The number of aliphatic carboxylic acids is 1. The van der Waals surface area contributed by atoms with Gasteiger partial charge in [0, 0.05) is 16.3 Å². The predicted molar refractivity (Wildman–Crippen MR) is 65.5 cm³/mol. The van der Waals surface area contributed by atoms with Crippen molar-refractivity contribution in [3.05, 3.63) is 46.1 Å². The molecule has 2 aliphatic rings. The molecule has 1 heterocycles. The normalized spacial score (nSPS) is 28.0. The van der Waals surface area contributed by atoms with E-state index in [0.29, 0.717) is 21.9 Å². The molecule has 0 saturated carbocycles. The summed E-state index contributed by atoms with van der Waals surface area (Å²) in [5.41, 5.74) is 0.952. The summed E-state index contributed by atoms with van der Waals surface area (Å²) < 4.78 is 0. The molecule has 4 nitrogen and oxygen atoms in total. The number of halogens is 1. The standard InChI is InChI=1S/C13H10ClNO3/c1-13-8(12(17)18)10(13)15-11(13)9(16)6-2-4-7(14)5-3-6/h2-5,11,15H,1H3,(H,17,18). The van der Waals surface area contributed by atoms with E-state index in [-0.39, 0.29) is 5.78 Å². The van der Waals surface area contributed by atoms with Crippen molar-refractivity contribution in [3.8, 4) is 0 Å². The Morgan fingerprint density at radius 3 is 2.44 bits per heavy atom. The van der Waals surface area contributed by atoms with E-state index in [4.69, 9.17) is 16.7 Å². The monoisotopic (exact) mass is 263 g/mol. The van der Waals surface area contributed by atoms with Gasteiger partial charge in [-0.3, -0.25) is 4.79 Å². The zero-order valence-corrected chi connectivity index (χ0v) is 10.3. The van der Waals surface area contributed by atoms with Crippen LogP contribution in [0, 0.1) is 5.41 Å². The molecule has 1 fully saturated rings. The summed E-state index contributed by atoms with van der Waals surface area (Å²) >= 11 is 5.76. The Hall–Kier alpha value is -1.81. The van der Waals surface area contributed by atoms with Crippen molar-refractivity contribution in [1.29, 1.82) is 0 Å². The van der Waals surface area contributed by atoms with Gasteiger partial charge in [0.2, 0.25) is 0 Å². The molecule has 3 rings (SSSR count). The lowest BCUT2D eigenvalue weighted by atomic mass is 9.81. The Kier molecular flexibility index (Phi) is 2.10. The summed E-state index contributed by atoms with van der Waals surface area (Å²) in [5.74, 6) is -1.06. The molecule has 1 aliphatic heterocycles. The first kappa shape index (κ1) is 11.3. The Bertz CT molecular complexity index is 605. The van der Waals surface area contributed by atoms with Gasteiger partial charge in [0.05, 0.1) is 11.0 Å². The fourth-order valence-corrected chi connectivity index (χ4v) is 2.67. The average Bonchev–Trinajstić information content (AvgIpc) is 2.79. The van der Waals surface area contributed by atoms with Gasteiger partial charge in [-0.25, -0.2) is 4.79 Å². The SMILES string of the molecule is CC12C(=C1C(=O)O)NC2C(=O)c1ccc(Cl)cc1. The number of ketones is 1. The molecule has 1 saturated heterocycles. The van der Waals surface area contributed by atoms with Crippen molar-refractivity contribution in [2.75, 3.05) is 0 Å². The van der Waals surface area contributed by atoms with Gasteiger partial charge in [-0.1, -0.05) is 11.6 Å². The number of carbonyl (C=O) groups is 2. The number of rotatable bonds is 3. The molecule has 18 heavy (non-hydrogen) atoms. The molecule has 0 amide bonds. The molecular weight excluding hydrogens is 254 g/mol. The molecule has 2 N–H and O–H groups in total. The fraction of sp³-hybridized carbons (Fsp3) is 0.231. The molecule has 1 aromatic rings. The van der Waals surface area contributed by atoms with E-state index in [1.54, 1.807) is 31.2 Å². The smallest absolute Gasteiger partial charge is 0.334 e. The maximum absolute atomic E-state index is 12.2. The highest BCUT2D eigenvalue weighted by molar-refractivity contribution is 6.30. The van der Waals surface area contributed by atoms with E-state index in [0.717, 1.165) is 0 Å². The van der Waals surface area contributed by atoms with Crippen molar-refractivity contribution in [2.24, 2.45) is 5.41 Å². The highest BCUT2D eigenvalue weighted by atomic mass is 35.5. The minimum absolute atomic E-state index is 0.103. The maximum atomic E-state index is 12.2. The number of carboxylic acids is 1. The minimum atomic E-state index is -0.952. The first-order valence-corrected chi connectivity index (χ1v) is 5.89. The van der Waals surface area contributed by atoms with Gasteiger partial charge in [-0.15, -0.1) is 0 Å². The minimum Gasteiger partial charge on any atom is -0.478 e. The molecule has 0 radical (unpaired) electrons. The van der Waals surface area contributed by atoms with Gasteiger partial charge in [0.15, 0.2) is 5.78 Å². The van der Waals surface area contributed by atoms with Crippen LogP contribution in [0.15, 0.2) is 35.5 Å². The highest BCUT2D eigenvalue weighted by Gasteiger charge is 2.68. The van der Waals surface area contributed by atoms with E-state index in [9.17, 15) is 9.59 Å². The molecular formula is C13H10ClNO3. The largest absolute Gasteiger partial charge is 0.478 e. The zero-order valence-electron chi connectivity index (χ0n) is 9.53. The molecule has 2 atom stereocenters. The lowest BCUT2D eigenvalue weighted by molar-refractivity contribution is -0.132. The lowest BCUT2D eigenvalue weighted by Crippen LogP contribution is -2.53. The quantitative estimate of drug-likeness (QED) is 0.817. The Labute approximate surface area is 108 Å². The third-order valence-corrected chi connectivity index (χ3v) is 3.95. The first-order valence-electron chi connectivity index (χ1n) is 5.51. The second-order valence-electron chi connectivity index (χ2n) is 4.71. The Balaban J connectivity index is 1.82. The third-order valence-electron chi connectivity index (χ3n) is 3.70. The molecule has 0 bridgehead atoms. The van der Waals surface area contributed by atoms with Crippen molar-refractivity contribution in [3.63, 3.8) is 0 Å². The topological polar surface area (TPSA) is 66.4 Å². The van der Waals surface area contributed by atoms with E-state index in [1.807, 2.05) is 0 Å².